The number of anilines is 1. The summed E-state index contributed by atoms with van der Waals surface area (Å²) >= 11 is 3.39. The highest BCUT2D eigenvalue weighted by atomic mass is 79.9. The fraction of sp³-hybridized carbons (Fsp3) is 0.467. The number of hydrogen-bond donors (Lipinski definition) is 0. The highest BCUT2D eigenvalue weighted by molar-refractivity contribution is 9.10. The van der Waals surface area contributed by atoms with Crippen molar-refractivity contribution >= 4 is 33.7 Å². The molecular weight excluding hydrogens is 338 g/mol. The van der Waals surface area contributed by atoms with E-state index in [0.29, 0.717) is 12.1 Å². The first-order valence-electron chi connectivity index (χ1n) is 6.61. The van der Waals surface area contributed by atoms with Crippen molar-refractivity contribution in [3.63, 3.8) is 0 Å². The molecule has 6 heteroatoms. The Hall–Kier alpha value is -1.56. The number of rotatable bonds is 1. The summed E-state index contributed by atoms with van der Waals surface area (Å²) in [5.41, 5.74) is 0.962. The Bertz CT molecular complexity index is 580. The maximum atomic E-state index is 12.4. The normalized spacial score (nSPS) is 17.4. The largest absolute Gasteiger partial charge is 0.467 e. The Kier molecular flexibility index (Phi) is 4.27. The number of hydrogen-bond acceptors (Lipinski definition) is 4. The molecule has 0 saturated heterocycles. The molecule has 2 rings (SSSR count). The lowest BCUT2D eigenvalue weighted by atomic mass is 10.1. The molecular formula is C15H18BrNO4. The van der Waals surface area contributed by atoms with Gasteiger partial charge in [0.25, 0.3) is 0 Å². The van der Waals surface area contributed by atoms with Crippen LogP contribution in [-0.2, 0) is 20.7 Å². The second-order valence-electron chi connectivity index (χ2n) is 5.87. The molecule has 0 N–H and O–H groups in total. The lowest BCUT2D eigenvalue weighted by Crippen LogP contribution is -2.45. The van der Waals surface area contributed by atoms with Crippen molar-refractivity contribution in [2.45, 2.75) is 38.8 Å². The second kappa shape index (κ2) is 5.67. The monoisotopic (exact) mass is 355 g/mol. The van der Waals surface area contributed by atoms with Crippen molar-refractivity contribution in [1.82, 2.24) is 0 Å². The predicted octanol–water partition coefficient (Wildman–Crippen LogP) is 3.29. The van der Waals surface area contributed by atoms with E-state index >= 15 is 0 Å². The summed E-state index contributed by atoms with van der Waals surface area (Å²) in [5, 5.41) is 0. The van der Waals surface area contributed by atoms with E-state index in [9.17, 15) is 9.59 Å². The molecule has 114 valence electrons. The van der Waals surface area contributed by atoms with E-state index in [1.165, 1.54) is 12.0 Å². The molecule has 0 aromatic heterocycles. The van der Waals surface area contributed by atoms with E-state index in [0.717, 1.165) is 10.0 Å². The van der Waals surface area contributed by atoms with Gasteiger partial charge in [-0.25, -0.2) is 9.59 Å². The molecule has 0 unspecified atom stereocenters. The lowest BCUT2D eigenvalue weighted by Gasteiger charge is -2.27. The zero-order valence-electron chi connectivity index (χ0n) is 12.5. The van der Waals surface area contributed by atoms with Gasteiger partial charge < -0.3 is 9.47 Å². The molecule has 1 atom stereocenters. The van der Waals surface area contributed by atoms with Gasteiger partial charge in [0.15, 0.2) is 0 Å². The second-order valence-corrected chi connectivity index (χ2v) is 6.78. The minimum atomic E-state index is -0.686. The van der Waals surface area contributed by atoms with Crippen LogP contribution in [0.4, 0.5) is 10.5 Å². The molecule has 1 heterocycles. The molecule has 1 aliphatic heterocycles. The Morgan fingerprint density at radius 1 is 1.33 bits per heavy atom. The molecule has 0 spiro atoms. The van der Waals surface area contributed by atoms with Gasteiger partial charge in [-0.1, -0.05) is 15.9 Å². The van der Waals surface area contributed by atoms with E-state index < -0.39 is 23.7 Å². The molecule has 1 aromatic rings. The van der Waals surface area contributed by atoms with Crippen LogP contribution in [0.3, 0.4) is 0 Å². The van der Waals surface area contributed by atoms with Crippen molar-refractivity contribution in [2.75, 3.05) is 12.0 Å². The van der Waals surface area contributed by atoms with E-state index in [4.69, 9.17) is 9.47 Å². The number of amides is 1. The number of nitrogens with zero attached hydrogens (tertiary/aromatic N) is 1. The van der Waals surface area contributed by atoms with Crippen LogP contribution >= 0.6 is 15.9 Å². The molecule has 0 fully saturated rings. The molecule has 21 heavy (non-hydrogen) atoms. The van der Waals surface area contributed by atoms with Crippen molar-refractivity contribution in [1.29, 1.82) is 0 Å². The molecule has 1 aliphatic rings. The zero-order chi connectivity index (χ0) is 15.8. The highest BCUT2D eigenvalue weighted by Crippen LogP contribution is 2.35. The van der Waals surface area contributed by atoms with E-state index in [1.807, 2.05) is 12.1 Å². The Morgan fingerprint density at radius 2 is 2.00 bits per heavy atom. The van der Waals surface area contributed by atoms with Crippen LogP contribution in [0, 0.1) is 0 Å². The average molecular weight is 356 g/mol. The van der Waals surface area contributed by atoms with Crippen LogP contribution in [0.5, 0.6) is 0 Å². The molecule has 0 saturated carbocycles. The van der Waals surface area contributed by atoms with E-state index in [2.05, 4.69) is 15.9 Å². The fourth-order valence-corrected chi connectivity index (χ4v) is 2.69. The first-order valence-corrected chi connectivity index (χ1v) is 7.40. The summed E-state index contributed by atoms with van der Waals surface area (Å²) in [6, 6.07) is 4.84. The molecule has 0 bridgehead atoms. The third-order valence-electron chi connectivity index (χ3n) is 3.09. The standard InChI is InChI=1S/C15H18BrNO4/c1-15(2,3)21-14(19)17-11-6-5-10(16)7-9(11)8-12(17)13(18)20-4/h5-7,12H,8H2,1-4H3/t12-/m0/s1. The van der Waals surface area contributed by atoms with Crippen molar-refractivity contribution < 1.29 is 19.1 Å². The highest BCUT2D eigenvalue weighted by Gasteiger charge is 2.41. The van der Waals surface area contributed by atoms with Crippen LogP contribution in [0.1, 0.15) is 26.3 Å². The van der Waals surface area contributed by atoms with Gasteiger partial charge in [0.05, 0.1) is 12.8 Å². The van der Waals surface area contributed by atoms with Crippen LogP contribution in [0.15, 0.2) is 22.7 Å². The van der Waals surface area contributed by atoms with Crippen molar-refractivity contribution in [3.8, 4) is 0 Å². The van der Waals surface area contributed by atoms with Crippen molar-refractivity contribution in [3.05, 3.63) is 28.2 Å². The Balaban J connectivity index is 2.38. The van der Waals surface area contributed by atoms with Gasteiger partial charge in [-0.05, 0) is 44.5 Å². The summed E-state index contributed by atoms with van der Waals surface area (Å²) in [7, 11) is 1.31. The van der Waals surface area contributed by atoms with Gasteiger partial charge in [0.1, 0.15) is 11.6 Å². The van der Waals surface area contributed by atoms with Crippen LogP contribution in [-0.4, -0.2) is 30.8 Å². The molecule has 0 aliphatic carbocycles. The van der Waals surface area contributed by atoms with Gasteiger partial charge in [-0.3, -0.25) is 4.90 Å². The van der Waals surface area contributed by atoms with Gasteiger partial charge >= 0.3 is 12.1 Å². The molecule has 0 radical (unpaired) electrons. The SMILES string of the molecule is COC(=O)[C@@H]1Cc2cc(Br)ccc2N1C(=O)OC(C)(C)C. The van der Waals surface area contributed by atoms with Crippen LogP contribution in [0.2, 0.25) is 0 Å². The minimum absolute atomic E-state index is 0.417. The third kappa shape index (κ3) is 3.37. The predicted molar refractivity (Wildman–Crippen MR) is 82.4 cm³/mol. The quantitative estimate of drug-likeness (QED) is 0.725. The first kappa shape index (κ1) is 15.8. The third-order valence-corrected chi connectivity index (χ3v) is 3.58. The van der Waals surface area contributed by atoms with Crippen LogP contribution < -0.4 is 4.90 Å². The maximum Gasteiger partial charge on any atom is 0.415 e. The lowest BCUT2D eigenvalue weighted by molar-refractivity contribution is -0.142. The van der Waals surface area contributed by atoms with Gasteiger partial charge in [0, 0.05) is 10.9 Å². The summed E-state index contributed by atoms with van der Waals surface area (Å²) in [4.78, 5) is 25.8. The Labute approximate surface area is 132 Å². The number of ether oxygens (including phenoxy) is 2. The van der Waals surface area contributed by atoms with Gasteiger partial charge in [-0.15, -0.1) is 0 Å². The average Bonchev–Trinajstić information content (AvgIpc) is 2.74. The van der Waals surface area contributed by atoms with E-state index in [-0.39, 0.29) is 0 Å². The topological polar surface area (TPSA) is 55.8 Å². The number of carbonyl (C=O) groups is 2. The van der Waals surface area contributed by atoms with E-state index in [1.54, 1.807) is 26.8 Å². The van der Waals surface area contributed by atoms with Crippen molar-refractivity contribution in [2.24, 2.45) is 0 Å². The number of esters is 1. The summed E-state index contributed by atoms with van der Waals surface area (Å²) < 4.78 is 11.1. The zero-order valence-corrected chi connectivity index (χ0v) is 14.1. The number of fused-ring (bicyclic) bond motifs is 1. The smallest absolute Gasteiger partial charge is 0.415 e. The summed E-state index contributed by atoms with van der Waals surface area (Å²) in [6.45, 7) is 5.36. The number of benzene rings is 1. The fourth-order valence-electron chi connectivity index (χ4n) is 2.28. The number of methoxy groups -OCH3 is 1. The first-order chi connectivity index (χ1) is 9.73. The van der Waals surface area contributed by atoms with Crippen LogP contribution in [0.25, 0.3) is 0 Å². The van der Waals surface area contributed by atoms with Gasteiger partial charge in [0.2, 0.25) is 0 Å². The molecule has 1 aromatic carbocycles. The minimum Gasteiger partial charge on any atom is -0.467 e. The number of carbonyl (C=O) groups excluding carboxylic acids is 2. The molecule has 1 amide bonds. The number of halogens is 1. The van der Waals surface area contributed by atoms with Gasteiger partial charge in [-0.2, -0.15) is 0 Å². The molecule has 5 nitrogen and oxygen atoms in total. The summed E-state index contributed by atoms with van der Waals surface area (Å²) in [6.07, 6.45) is -0.125. The Morgan fingerprint density at radius 3 is 2.57 bits per heavy atom. The maximum absolute atomic E-state index is 12.4. The summed E-state index contributed by atoms with van der Waals surface area (Å²) in [5.74, 6) is -0.451.